The highest BCUT2D eigenvalue weighted by molar-refractivity contribution is 14.1. The largest absolute Gasteiger partial charge is 0.460 e. The van der Waals surface area contributed by atoms with E-state index in [2.05, 4.69) is 123 Å². The van der Waals surface area contributed by atoms with Crippen molar-refractivity contribution < 1.29 is 18.5 Å². The van der Waals surface area contributed by atoms with Crippen LogP contribution in [-0.2, 0) is 14.0 Å². The van der Waals surface area contributed by atoms with Gasteiger partial charge in [0.1, 0.15) is 11.3 Å². The summed E-state index contributed by atoms with van der Waals surface area (Å²) in [5.74, 6) is 2.66. The lowest BCUT2D eigenvalue weighted by Crippen LogP contribution is -2.66. The zero-order chi connectivity index (χ0) is 32.6. The number of carbonyl (C=O) groups excluding carboxylic acids is 1. The predicted molar refractivity (Wildman–Crippen MR) is 193 cm³/mol. The molecule has 45 heavy (non-hydrogen) atoms. The number of hydrogen-bond donors (Lipinski definition) is 0. The highest BCUT2D eigenvalue weighted by Gasteiger charge is 2.52. The van der Waals surface area contributed by atoms with Crippen molar-refractivity contribution in [2.24, 2.45) is 23.7 Å². The van der Waals surface area contributed by atoms with E-state index in [1.807, 2.05) is 20.8 Å². The molecule has 0 spiro atoms. The van der Waals surface area contributed by atoms with Crippen LogP contribution in [0.3, 0.4) is 0 Å². The molecule has 0 amide bonds. The highest BCUT2D eigenvalue weighted by Crippen LogP contribution is 2.50. The molecule has 2 aliphatic rings. The molecule has 2 fully saturated rings. The highest BCUT2D eigenvalue weighted by atomic mass is 127. The van der Waals surface area contributed by atoms with Crippen molar-refractivity contribution >= 4 is 47.3 Å². The lowest BCUT2D eigenvalue weighted by Gasteiger charge is -2.43. The number of halogens is 1. The van der Waals surface area contributed by atoms with E-state index in [1.54, 1.807) is 0 Å². The molecule has 244 valence electrons. The van der Waals surface area contributed by atoms with Gasteiger partial charge in [-0.25, -0.2) is 0 Å². The maximum atomic E-state index is 13.7. The minimum atomic E-state index is -2.69. The molecule has 2 aromatic carbocycles. The minimum absolute atomic E-state index is 0.0523. The first-order chi connectivity index (χ1) is 21.2. The number of ether oxygens (including phenoxy) is 1. The monoisotopic (exact) mass is 741 g/mol. The summed E-state index contributed by atoms with van der Waals surface area (Å²) in [7, 11) is -2.69. The molecule has 0 saturated heterocycles. The molecule has 2 saturated carbocycles. The molecule has 0 N–H and O–H groups in total. The first-order valence-corrected chi connectivity index (χ1v) is 19.8. The molecule has 1 aromatic heterocycles. The van der Waals surface area contributed by atoms with E-state index in [1.165, 1.54) is 16.8 Å². The molecule has 2 aliphatic carbocycles. The van der Waals surface area contributed by atoms with E-state index in [0.717, 1.165) is 52.5 Å². The Balaban J connectivity index is 1.42. The second-order valence-electron chi connectivity index (χ2n) is 16.0. The van der Waals surface area contributed by atoms with E-state index in [-0.39, 0.29) is 28.8 Å². The van der Waals surface area contributed by atoms with Crippen LogP contribution < -0.4 is 10.4 Å². The Hall–Kier alpha value is -1.97. The molecular formula is C38H52INO4Si. The molecule has 2 unspecified atom stereocenters. The quantitative estimate of drug-likeness (QED) is 0.118. The van der Waals surface area contributed by atoms with Crippen LogP contribution >= 0.6 is 22.6 Å². The SMILES string of the molecule is CC(C)CC1CC(c2onc(C3CC(CO[Si](c4ccccc4)(c4ccccc4)C(C)(C)C)C[C@@H]3C(=O)OC(C)(C)C)c2I)C1. The van der Waals surface area contributed by atoms with Crippen LogP contribution in [0.15, 0.2) is 65.2 Å². The summed E-state index contributed by atoms with van der Waals surface area (Å²) in [6, 6.07) is 21.6. The molecule has 5 nitrogen and oxygen atoms in total. The third kappa shape index (κ3) is 7.46. The van der Waals surface area contributed by atoms with Crippen molar-refractivity contribution in [1.29, 1.82) is 0 Å². The number of nitrogens with zero attached hydrogens (tertiary/aromatic N) is 1. The Kier molecular flexibility index (Phi) is 10.4. The van der Waals surface area contributed by atoms with Gasteiger partial charge in [0.25, 0.3) is 8.32 Å². The fraction of sp³-hybridized carbons (Fsp3) is 0.579. The van der Waals surface area contributed by atoms with Gasteiger partial charge >= 0.3 is 5.97 Å². The molecule has 7 heteroatoms. The average Bonchev–Trinajstić information content (AvgIpc) is 3.53. The Bertz CT molecular complexity index is 1380. The third-order valence-corrected chi connectivity index (χ3v) is 15.9. The van der Waals surface area contributed by atoms with Gasteiger partial charge in [0.2, 0.25) is 0 Å². The third-order valence-electron chi connectivity index (χ3n) is 9.77. The van der Waals surface area contributed by atoms with Crippen molar-refractivity contribution in [3.05, 3.63) is 75.7 Å². The van der Waals surface area contributed by atoms with Gasteiger partial charge in [0.15, 0.2) is 5.76 Å². The smallest absolute Gasteiger partial charge is 0.310 e. The Morgan fingerprint density at radius 1 is 0.911 bits per heavy atom. The zero-order valence-corrected chi connectivity index (χ0v) is 31.6. The van der Waals surface area contributed by atoms with Crippen LogP contribution in [-0.4, -0.2) is 31.7 Å². The van der Waals surface area contributed by atoms with E-state index in [4.69, 9.17) is 13.7 Å². The maximum Gasteiger partial charge on any atom is 0.310 e. The normalized spacial score (nSPS) is 24.1. The molecule has 0 bridgehead atoms. The Labute approximate surface area is 285 Å². The fourth-order valence-electron chi connectivity index (χ4n) is 7.82. The first-order valence-electron chi connectivity index (χ1n) is 16.8. The number of esters is 1. The summed E-state index contributed by atoms with van der Waals surface area (Å²) in [6.07, 6.45) is 5.14. The van der Waals surface area contributed by atoms with Crippen molar-refractivity contribution in [1.82, 2.24) is 5.16 Å². The van der Waals surface area contributed by atoms with Gasteiger partial charge in [-0.1, -0.05) is 100 Å². The van der Waals surface area contributed by atoms with Gasteiger partial charge in [-0.15, -0.1) is 0 Å². The van der Waals surface area contributed by atoms with Crippen LogP contribution in [0.25, 0.3) is 0 Å². The Morgan fingerprint density at radius 2 is 1.49 bits per heavy atom. The van der Waals surface area contributed by atoms with E-state index >= 15 is 0 Å². The summed E-state index contributed by atoms with van der Waals surface area (Å²) in [5, 5.41) is 7.11. The predicted octanol–water partition coefficient (Wildman–Crippen LogP) is 8.85. The minimum Gasteiger partial charge on any atom is -0.460 e. The van der Waals surface area contributed by atoms with E-state index in [0.29, 0.717) is 12.5 Å². The standard InChI is InChI=1S/C38H52INO4Si/c1-25(2)19-26-20-28(21-26)35-33(39)34(40-44-35)31-22-27(23-32(31)36(41)43-37(3,4)5)24-42-45(38(6,7)8,29-15-11-9-12-16-29)30-17-13-10-14-18-30/h9-18,25-28,31-32H,19-24H2,1-8H3/t26?,27?,28?,31?,32-/m0/s1. The van der Waals surface area contributed by atoms with Gasteiger partial charge in [-0.05, 0) is 109 Å². The lowest BCUT2D eigenvalue weighted by molar-refractivity contribution is -0.160. The number of benzene rings is 2. The van der Waals surface area contributed by atoms with Crippen molar-refractivity contribution in [2.75, 3.05) is 6.61 Å². The molecule has 1 heterocycles. The molecule has 3 aromatic rings. The summed E-state index contributed by atoms with van der Waals surface area (Å²) < 4.78 is 20.5. The van der Waals surface area contributed by atoms with Crippen LogP contribution in [0.4, 0.5) is 0 Å². The number of aromatic nitrogens is 1. The lowest BCUT2D eigenvalue weighted by atomic mass is 9.70. The number of hydrogen-bond acceptors (Lipinski definition) is 5. The zero-order valence-electron chi connectivity index (χ0n) is 28.4. The Morgan fingerprint density at radius 3 is 2.00 bits per heavy atom. The molecule has 3 atom stereocenters. The van der Waals surface area contributed by atoms with Crippen molar-refractivity contribution in [3.63, 3.8) is 0 Å². The maximum absolute atomic E-state index is 13.7. The number of rotatable bonds is 10. The number of carbonyl (C=O) groups is 1. The second-order valence-corrected chi connectivity index (χ2v) is 21.4. The molecule has 0 radical (unpaired) electrons. The van der Waals surface area contributed by atoms with Crippen molar-refractivity contribution in [3.8, 4) is 0 Å². The summed E-state index contributed by atoms with van der Waals surface area (Å²) in [5.41, 5.74) is 0.381. The van der Waals surface area contributed by atoms with Gasteiger partial charge in [-0.3, -0.25) is 4.79 Å². The summed E-state index contributed by atoms with van der Waals surface area (Å²) in [4.78, 5) is 13.7. The summed E-state index contributed by atoms with van der Waals surface area (Å²) in [6.45, 7) is 18.0. The molecule has 0 aliphatic heterocycles. The summed E-state index contributed by atoms with van der Waals surface area (Å²) >= 11 is 2.43. The average molecular weight is 742 g/mol. The van der Waals surface area contributed by atoms with Gasteiger partial charge < -0.3 is 13.7 Å². The van der Waals surface area contributed by atoms with Gasteiger partial charge in [0.05, 0.1) is 9.49 Å². The van der Waals surface area contributed by atoms with Crippen LogP contribution in [0.2, 0.25) is 5.04 Å². The topological polar surface area (TPSA) is 61.6 Å². The fourth-order valence-corrected chi connectivity index (χ4v) is 13.5. The van der Waals surface area contributed by atoms with Crippen LogP contribution in [0, 0.1) is 27.2 Å². The van der Waals surface area contributed by atoms with E-state index < -0.39 is 13.9 Å². The van der Waals surface area contributed by atoms with Gasteiger partial charge in [-0.2, -0.15) is 0 Å². The molecule has 5 rings (SSSR count). The van der Waals surface area contributed by atoms with E-state index in [9.17, 15) is 4.79 Å². The van der Waals surface area contributed by atoms with Crippen molar-refractivity contribution in [2.45, 2.75) is 110 Å². The second kappa shape index (κ2) is 13.6. The first kappa shape index (κ1) is 34.4. The molecular weight excluding hydrogens is 689 g/mol. The van der Waals surface area contributed by atoms with Crippen LogP contribution in [0.5, 0.6) is 0 Å². The van der Waals surface area contributed by atoms with Gasteiger partial charge in [0, 0.05) is 18.4 Å². The van der Waals surface area contributed by atoms with Crippen LogP contribution in [0.1, 0.15) is 111 Å².